The Kier molecular flexibility index (Phi) is 18.0. The van der Waals surface area contributed by atoms with E-state index in [1.54, 1.807) is 6.20 Å². The Morgan fingerprint density at radius 1 is 0.838 bits per heavy atom. The monoisotopic (exact) mass is 578 g/mol. The first-order chi connectivity index (χ1) is 18.2. The fraction of sp³-hybridized carbons (Fsp3) is 0.806. The highest BCUT2D eigenvalue weighted by Gasteiger charge is 2.21. The normalized spacial score (nSPS) is 15.2. The van der Waals surface area contributed by atoms with Gasteiger partial charge in [0.25, 0.3) is 5.91 Å². The molecule has 1 saturated heterocycles. The molecule has 1 N–H and O–H groups in total. The summed E-state index contributed by atoms with van der Waals surface area (Å²) in [4.78, 5) is 21.9. The number of nitrogens with zero attached hydrogens (tertiary/aromatic N) is 3. The molecule has 0 aliphatic carbocycles. The van der Waals surface area contributed by atoms with E-state index >= 15 is 0 Å². The highest BCUT2D eigenvalue weighted by Crippen LogP contribution is 2.17. The predicted octanol–water partition coefficient (Wildman–Crippen LogP) is 7.98. The number of halogens is 1. The van der Waals surface area contributed by atoms with Gasteiger partial charge in [-0.2, -0.15) is 0 Å². The average molecular weight is 580 g/mol. The second-order valence-electron chi connectivity index (χ2n) is 10.9. The minimum absolute atomic E-state index is 0.000394. The number of pyridine rings is 1. The van der Waals surface area contributed by atoms with Crippen molar-refractivity contribution >= 4 is 27.7 Å². The van der Waals surface area contributed by atoms with Gasteiger partial charge in [0.15, 0.2) is 0 Å². The second kappa shape index (κ2) is 20.8. The molecule has 37 heavy (non-hydrogen) atoms. The predicted molar refractivity (Wildman–Crippen MR) is 163 cm³/mol. The zero-order valence-corrected chi connectivity index (χ0v) is 25.6. The molecule has 1 amide bonds. The van der Waals surface area contributed by atoms with Gasteiger partial charge >= 0.3 is 0 Å². The lowest BCUT2D eigenvalue weighted by Gasteiger charge is -2.38. The molecule has 0 saturated carbocycles. The van der Waals surface area contributed by atoms with Gasteiger partial charge in [-0.05, 0) is 38.3 Å². The van der Waals surface area contributed by atoms with Crippen LogP contribution in [-0.2, 0) is 0 Å². The fourth-order valence-electron chi connectivity index (χ4n) is 5.18. The van der Waals surface area contributed by atoms with Crippen LogP contribution in [0.4, 0.5) is 5.82 Å². The maximum absolute atomic E-state index is 12.5. The van der Waals surface area contributed by atoms with Crippen LogP contribution in [0, 0.1) is 0 Å². The molecule has 0 bridgehead atoms. The van der Waals surface area contributed by atoms with Crippen LogP contribution in [0.15, 0.2) is 18.3 Å². The molecule has 0 aromatic carbocycles. The molecule has 6 heteroatoms. The first kappa shape index (κ1) is 32.1. The molecular weight excluding hydrogens is 524 g/mol. The zero-order valence-electron chi connectivity index (χ0n) is 24.0. The molecule has 1 aromatic heterocycles. The number of amides is 1. The number of nitrogens with one attached hydrogen (secondary N) is 1. The lowest BCUT2D eigenvalue weighted by Crippen LogP contribution is -2.49. The first-order valence-corrected chi connectivity index (χ1v) is 16.6. The van der Waals surface area contributed by atoms with Crippen LogP contribution in [0.3, 0.4) is 0 Å². The Bertz CT molecular complexity index is 691. The van der Waals surface area contributed by atoms with E-state index in [-0.39, 0.29) is 5.91 Å². The summed E-state index contributed by atoms with van der Waals surface area (Å²) in [5, 5.41) is 4.23. The largest absolute Gasteiger partial charge is 0.354 e. The molecule has 1 unspecified atom stereocenters. The molecule has 212 valence electrons. The van der Waals surface area contributed by atoms with Crippen molar-refractivity contribution in [2.75, 3.05) is 43.0 Å². The molecule has 2 rings (SSSR count). The summed E-state index contributed by atoms with van der Waals surface area (Å²) in [7, 11) is 0. The van der Waals surface area contributed by atoms with Crippen LogP contribution in [-0.4, -0.2) is 59.9 Å². The minimum Gasteiger partial charge on any atom is -0.354 e. The fourth-order valence-corrected chi connectivity index (χ4v) is 5.58. The van der Waals surface area contributed by atoms with Crippen molar-refractivity contribution < 1.29 is 4.79 Å². The number of hydrogen-bond donors (Lipinski definition) is 1. The molecule has 1 aromatic rings. The van der Waals surface area contributed by atoms with Crippen LogP contribution in [0.25, 0.3) is 0 Å². The minimum atomic E-state index is -0.000394. The molecule has 0 spiro atoms. The Morgan fingerprint density at radius 3 is 1.81 bits per heavy atom. The Morgan fingerprint density at radius 2 is 1.35 bits per heavy atom. The lowest BCUT2D eigenvalue weighted by atomic mass is 10.0. The van der Waals surface area contributed by atoms with Crippen LogP contribution in [0.1, 0.15) is 127 Å². The number of anilines is 1. The highest BCUT2D eigenvalue weighted by molar-refractivity contribution is 9.09. The summed E-state index contributed by atoms with van der Waals surface area (Å²) in [6.45, 7) is 9.48. The number of carbonyl (C=O) groups excluding carboxylic acids is 1. The summed E-state index contributed by atoms with van der Waals surface area (Å²) in [5.74, 6) is 0.983. The molecule has 0 radical (unpaired) electrons. The van der Waals surface area contributed by atoms with E-state index in [0.29, 0.717) is 11.6 Å². The lowest BCUT2D eigenvalue weighted by molar-refractivity contribution is 0.0952. The standard InChI is InChI=1S/C31H55BrN4O/c1-3-28(2)35-23-25-36(26-24-35)30-20-19-29(27-34-30)31(37)33-22-18-16-14-12-10-8-6-4-5-7-9-11-13-15-17-21-32/h19-20,27-28H,3-18,21-26H2,1-2H3,(H,33,37). The summed E-state index contributed by atoms with van der Waals surface area (Å²) in [6, 6.07) is 4.57. The Labute approximate surface area is 236 Å². The van der Waals surface area contributed by atoms with Crippen LogP contribution >= 0.6 is 15.9 Å². The molecule has 1 aliphatic heterocycles. The topological polar surface area (TPSA) is 48.5 Å². The second-order valence-corrected chi connectivity index (χ2v) is 11.7. The third kappa shape index (κ3) is 14.0. The highest BCUT2D eigenvalue weighted by atomic mass is 79.9. The third-order valence-corrected chi connectivity index (χ3v) is 8.52. The van der Waals surface area contributed by atoms with E-state index in [0.717, 1.165) is 50.3 Å². The number of carbonyl (C=O) groups is 1. The summed E-state index contributed by atoms with van der Waals surface area (Å²) >= 11 is 3.50. The van der Waals surface area contributed by atoms with Gasteiger partial charge in [0.05, 0.1) is 5.56 Å². The van der Waals surface area contributed by atoms with Crippen molar-refractivity contribution in [3.05, 3.63) is 23.9 Å². The summed E-state index contributed by atoms with van der Waals surface area (Å²) in [5.41, 5.74) is 0.664. The maximum Gasteiger partial charge on any atom is 0.252 e. The zero-order chi connectivity index (χ0) is 26.6. The molecular formula is C31H55BrN4O. The van der Waals surface area contributed by atoms with Gasteiger partial charge in [0, 0.05) is 50.3 Å². The van der Waals surface area contributed by atoms with E-state index in [9.17, 15) is 4.79 Å². The maximum atomic E-state index is 12.5. The number of hydrogen-bond acceptors (Lipinski definition) is 4. The molecule has 1 fully saturated rings. The Hall–Kier alpha value is -1.14. The van der Waals surface area contributed by atoms with Crippen molar-refractivity contribution in [2.45, 2.75) is 123 Å². The van der Waals surface area contributed by atoms with Gasteiger partial charge in [-0.25, -0.2) is 4.98 Å². The smallest absolute Gasteiger partial charge is 0.252 e. The Balaban J connectivity index is 1.42. The van der Waals surface area contributed by atoms with Crippen molar-refractivity contribution in [3.8, 4) is 0 Å². The first-order valence-electron chi connectivity index (χ1n) is 15.4. The van der Waals surface area contributed by atoms with Crippen LogP contribution in [0.5, 0.6) is 0 Å². The van der Waals surface area contributed by atoms with Gasteiger partial charge in [-0.1, -0.05) is 106 Å². The number of unbranched alkanes of at least 4 members (excludes halogenated alkanes) is 14. The summed E-state index contributed by atoms with van der Waals surface area (Å²) in [6.07, 6.45) is 23.2. The number of piperazine rings is 1. The average Bonchev–Trinajstić information content (AvgIpc) is 2.94. The van der Waals surface area contributed by atoms with Gasteiger partial charge in [-0.3, -0.25) is 9.69 Å². The van der Waals surface area contributed by atoms with Gasteiger partial charge in [0.2, 0.25) is 0 Å². The van der Waals surface area contributed by atoms with Crippen LogP contribution in [0.2, 0.25) is 0 Å². The van der Waals surface area contributed by atoms with Gasteiger partial charge in [-0.15, -0.1) is 0 Å². The van der Waals surface area contributed by atoms with E-state index in [1.165, 1.54) is 96.3 Å². The van der Waals surface area contributed by atoms with Gasteiger partial charge in [0.1, 0.15) is 5.82 Å². The number of rotatable bonds is 21. The van der Waals surface area contributed by atoms with Crippen molar-refractivity contribution in [2.24, 2.45) is 0 Å². The van der Waals surface area contributed by atoms with Crippen LogP contribution < -0.4 is 10.2 Å². The SMILES string of the molecule is CCC(C)N1CCN(c2ccc(C(=O)NCCCCCCCCCCCCCCCCCBr)cn2)CC1. The molecule has 2 heterocycles. The third-order valence-electron chi connectivity index (χ3n) is 7.96. The van der Waals surface area contributed by atoms with Gasteiger partial charge < -0.3 is 10.2 Å². The van der Waals surface area contributed by atoms with Crippen molar-refractivity contribution in [1.29, 1.82) is 0 Å². The molecule has 5 nitrogen and oxygen atoms in total. The quantitative estimate of drug-likeness (QED) is 0.119. The van der Waals surface area contributed by atoms with Crippen molar-refractivity contribution in [3.63, 3.8) is 0 Å². The molecule has 1 aliphatic rings. The van der Waals surface area contributed by atoms with E-state index < -0.39 is 0 Å². The summed E-state index contributed by atoms with van der Waals surface area (Å²) < 4.78 is 0. The van der Waals surface area contributed by atoms with E-state index in [1.807, 2.05) is 12.1 Å². The van der Waals surface area contributed by atoms with Crippen molar-refractivity contribution in [1.82, 2.24) is 15.2 Å². The number of aromatic nitrogens is 1. The number of alkyl halides is 1. The van der Waals surface area contributed by atoms with E-state index in [4.69, 9.17) is 0 Å². The molecule has 1 atom stereocenters. The van der Waals surface area contributed by atoms with E-state index in [2.05, 4.69) is 49.9 Å².